The zero-order chi connectivity index (χ0) is 23.3. The molecule has 1 amide bonds. The normalized spacial score (nSPS) is 11.5. The molecule has 0 saturated heterocycles. The van der Waals surface area contributed by atoms with Gasteiger partial charge in [-0.25, -0.2) is 8.42 Å². The van der Waals surface area contributed by atoms with E-state index in [0.29, 0.717) is 11.9 Å². The lowest BCUT2D eigenvalue weighted by atomic mass is 10.1. The number of carbonyl (C=O) groups is 1. The Hall–Kier alpha value is -3.38. The summed E-state index contributed by atoms with van der Waals surface area (Å²) in [6.45, 7) is 2.56. The number of nitrogens with zero attached hydrogens (tertiary/aromatic N) is 1. The Morgan fingerprint density at radius 2 is 1.61 bits per heavy atom. The molecule has 0 aliphatic carbocycles. The van der Waals surface area contributed by atoms with Crippen LogP contribution in [0.5, 0.6) is 0 Å². The highest BCUT2D eigenvalue weighted by Crippen LogP contribution is 2.28. The van der Waals surface area contributed by atoms with Crippen LogP contribution in [0, 0.1) is 6.92 Å². The van der Waals surface area contributed by atoms with Gasteiger partial charge in [-0.15, -0.1) is 0 Å². The number of carbonyl (C=O) groups excluding carboxylic acids is 1. The monoisotopic (exact) mass is 460 g/mol. The number of rotatable bonds is 9. The van der Waals surface area contributed by atoms with Crippen LogP contribution in [0.1, 0.15) is 23.1 Å². The number of para-hydroxylation sites is 1. The van der Waals surface area contributed by atoms with E-state index in [-0.39, 0.29) is 23.1 Å². The molecule has 33 heavy (non-hydrogen) atoms. The second-order valence-corrected chi connectivity index (χ2v) is 10.2. The second kappa shape index (κ2) is 10.0. The lowest BCUT2D eigenvalue weighted by Crippen LogP contribution is -2.28. The summed E-state index contributed by atoms with van der Waals surface area (Å²) in [5.41, 5.74) is 3.71. The highest BCUT2D eigenvalue weighted by molar-refractivity contribution is 7.90. The van der Waals surface area contributed by atoms with E-state index in [1.54, 1.807) is 16.8 Å². The molecule has 1 aromatic heterocycles. The molecule has 1 heterocycles. The van der Waals surface area contributed by atoms with Crippen molar-refractivity contribution in [1.29, 1.82) is 0 Å². The van der Waals surface area contributed by atoms with Crippen LogP contribution in [0.15, 0.2) is 90.0 Å². The fourth-order valence-electron chi connectivity index (χ4n) is 4.02. The minimum atomic E-state index is -3.58. The van der Waals surface area contributed by atoms with E-state index >= 15 is 0 Å². The molecule has 0 aliphatic rings. The molecular formula is C27H28N2O3S. The fraction of sp³-hybridized carbons (Fsp3) is 0.222. The van der Waals surface area contributed by atoms with Crippen molar-refractivity contribution in [2.75, 3.05) is 6.54 Å². The predicted octanol–water partition coefficient (Wildman–Crippen LogP) is 4.67. The Kier molecular flexibility index (Phi) is 6.94. The number of hydrogen-bond donors (Lipinski definition) is 1. The standard InChI is InChI=1S/C27H28N2O3S/c1-21-10-5-6-14-23(21)20-33(31,32)26-18-29(25-16-8-7-15-24(25)26)19-27(30)28-17-9-13-22-11-3-2-4-12-22/h2-8,10-12,14-16,18H,9,13,17,19-20H2,1H3,(H,28,30). The van der Waals surface area contributed by atoms with Gasteiger partial charge in [-0.05, 0) is 42.5 Å². The van der Waals surface area contributed by atoms with Crippen molar-refractivity contribution in [2.24, 2.45) is 0 Å². The maximum Gasteiger partial charge on any atom is 0.239 e. The zero-order valence-corrected chi connectivity index (χ0v) is 19.5. The third kappa shape index (κ3) is 5.52. The summed E-state index contributed by atoms with van der Waals surface area (Å²) in [5.74, 6) is -0.203. The van der Waals surface area contributed by atoms with E-state index in [9.17, 15) is 13.2 Å². The summed E-state index contributed by atoms with van der Waals surface area (Å²) in [6.07, 6.45) is 3.34. The molecule has 1 N–H and O–H groups in total. The lowest BCUT2D eigenvalue weighted by molar-refractivity contribution is -0.121. The predicted molar refractivity (Wildman–Crippen MR) is 132 cm³/mol. The van der Waals surface area contributed by atoms with Crippen LogP contribution in [0.2, 0.25) is 0 Å². The van der Waals surface area contributed by atoms with Crippen molar-refractivity contribution in [2.45, 2.75) is 37.0 Å². The van der Waals surface area contributed by atoms with Gasteiger partial charge in [0.15, 0.2) is 9.84 Å². The molecule has 4 aromatic rings. The average molecular weight is 461 g/mol. The van der Waals surface area contributed by atoms with Crippen molar-refractivity contribution >= 4 is 26.6 Å². The fourth-order valence-corrected chi connectivity index (χ4v) is 5.71. The molecule has 0 fully saturated rings. The minimum absolute atomic E-state index is 0.0701. The van der Waals surface area contributed by atoms with Crippen LogP contribution < -0.4 is 5.32 Å². The zero-order valence-electron chi connectivity index (χ0n) is 18.7. The van der Waals surface area contributed by atoms with Gasteiger partial charge in [0.1, 0.15) is 6.54 Å². The van der Waals surface area contributed by atoms with Gasteiger partial charge in [-0.2, -0.15) is 0 Å². The van der Waals surface area contributed by atoms with E-state index < -0.39 is 9.84 Å². The van der Waals surface area contributed by atoms with E-state index in [1.165, 1.54) is 5.56 Å². The second-order valence-electron chi connectivity index (χ2n) is 8.26. The largest absolute Gasteiger partial charge is 0.355 e. The third-order valence-electron chi connectivity index (χ3n) is 5.82. The number of benzene rings is 3. The number of nitrogens with one attached hydrogen (secondary N) is 1. The van der Waals surface area contributed by atoms with Crippen LogP contribution in [0.25, 0.3) is 10.9 Å². The van der Waals surface area contributed by atoms with Gasteiger partial charge in [0.05, 0.1) is 10.6 Å². The van der Waals surface area contributed by atoms with E-state index in [0.717, 1.165) is 29.5 Å². The number of aryl methyl sites for hydroxylation is 2. The molecule has 4 rings (SSSR count). The number of fused-ring (bicyclic) bond motifs is 1. The quantitative estimate of drug-likeness (QED) is 0.369. The van der Waals surface area contributed by atoms with E-state index in [1.807, 2.05) is 67.6 Å². The van der Waals surface area contributed by atoms with Gasteiger partial charge in [-0.1, -0.05) is 72.8 Å². The first-order valence-corrected chi connectivity index (χ1v) is 12.7. The number of hydrogen-bond acceptors (Lipinski definition) is 3. The van der Waals surface area contributed by atoms with Crippen LogP contribution in [-0.4, -0.2) is 25.4 Å². The number of aromatic nitrogens is 1. The first-order valence-electron chi connectivity index (χ1n) is 11.1. The van der Waals surface area contributed by atoms with Crippen molar-refractivity contribution in [3.63, 3.8) is 0 Å². The number of sulfone groups is 1. The van der Waals surface area contributed by atoms with Crippen molar-refractivity contribution in [3.05, 3.63) is 102 Å². The molecule has 6 heteroatoms. The first-order chi connectivity index (χ1) is 15.9. The molecule has 3 aromatic carbocycles. The van der Waals surface area contributed by atoms with E-state index in [4.69, 9.17) is 0 Å². The Morgan fingerprint density at radius 1 is 0.909 bits per heavy atom. The topological polar surface area (TPSA) is 68.2 Å². The van der Waals surface area contributed by atoms with Gasteiger partial charge in [0.2, 0.25) is 5.91 Å². The SMILES string of the molecule is Cc1ccccc1CS(=O)(=O)c1cn(CC(=O)NCCCc2ccccc2)c2ccccc12. The molecule has 0 bridgehead atoms. The Balaban J connectivity index is 1.47. The molecule has 0 saturated carbocycles. The van der Waals surface area contributed by atoms with Gasteiger partial charge in [-0.3, -0.25) is 4.79 Å². The van der Waals surface area contributed by atoms with Crippen LogP contribution >= 0.6 is 0 Å². The Bertz CT molecular complexity index is 1360. The summed E-state index contributed by atoms with van der Waals surface area (Å²) in [6, 6.07) is 25.0. The maximum absolute atomic E-state index is 13.3. The smallest absolute Gasteiger partial charge is 0.239 e. The Morgan fingerprint density at radius 3 is 2.39 bits per heavy atom. The average Bonchev–Trinajstić information content (AvgIpc) is 3.18. The summed E-state index contributed by atoms with van der Waals surface area (Å²) in [7, 11) is -3.58. The van der Waals surface area contributed by atoms with Gasteiger partial charge >= 0.3 is 0 Å². The van der Waals surface area contributed by atoms with Crippen molar-refractivity contribution in [1.82, 2.24) is 9.88 Å². The highest BCUT2D eigenvalue weighted by atomic mass is 32.2. The van der Waals surface area contributed by atoms with Crippen molar-refractivity contribution in [3.8, 4) is 0 Å². The van der Waals surface area contributed by atoms with E-state index in [2.05, 4.69) is 17.4 Å². The van der Waals surface area contributed by atoms with Gasteiger partial charge < -0.3 is 9.88 Å². The summed E-state index contributed by atoms with van der Waals surface area (Å²) >= 11 is 0. The van der Waals surface area contributed by atoms with Crippen molar-refractivity contribution < 1.29 is 13.2 Å². The van der Waals surface area contributed by atoms with Gasteiger partial charge in [0.25, 0.3) is 0 Å². The minimum Gasteiger partial charge on any atom is -0.355 e. The summed E-state index contributed by atoms with van der Waals surface area (Å²) in [5, 5.41) is 3.59. The Labute approximate surface area is 195 Å². The maximum atomic E-state index is 13.3. The van der Waals surface area contributed by atoms with Crippen LogP contribution in [-0.2, 0) is 33.4 Å². The third-order valence-corrected chi connectivity index (χ3v) is 7.50. The summed E-state index contributed by atoms with van der Waals surface area (Å²) < 4.78 is 28.3. The molecule has 5 nitrogen and oxygen atoms in total. The molecular weight excluding hydrogens is 432 g/mol. The molecule has 0 radical (unpaired) electrons. The highest BCUT2D eigenvalue weighted by Gasteiger charge is 2.23. The molecule has 0 aliphatic heterocycles. The first kappa shape index (κ1) is 22.8. The molecule has 0 atom stereocenters. The number of amides is 1. The van der Waals surface area contributed by atoms with Gasteiger partial charge in [0, 0.05) is 23.6 Å². The van der Waals surface area contributed by atoms with Crippen LogP contribution in [0.3, 0.4) is 0 Å². The van der Waals surface area contributed by atoms with Crippen LogP contribution in [0.4, 0.5) is 0 Å². The lowest BCUT2D eigenvalue weighted by Gasteiger charge is -2.08. The summed E-state index contributed by atoms with van der Waals surface area (Å²) in [4.78, 5) is 12.8. The molecule has 0 unspecified atom stereocenters. The molecule has 0 spiro atoms. The molecule has 170 valence electrons.